The van der Waals surface area contributed by atoms with Crippen LogP contribution >= 0.6 is 0 Å². The molecule has 2 N–H and O–H groups in total. The molecule has 2 nitrogen and oxygen atoms in total. The molecule has 1 aliphatic heterocycles. The van der Waals surface area contributed by atoms with Crippen LogP contribution in [0.5, 0.6) is 0 Å². The van der Waals surface area contributed by atoms with E-state index in [1.54, 1.807) is 0 Å². The van der Waals surface area contributed by atoms with Crippen molar-refractivity contribution in [3.8, 4) is 0 Å². The van der Waals surface area contributed by atoms with Crippen molar-refractivity contribution in [1.82, 2.24) is 4.90 Å². The molecule has 0 bridgehead atoms. The smallest absolute Gasteiger partial charge is 0.0362 e. The van der Waals surface area contributed by atoms with Crippen molar-refractivity contribution in [1.29, 1.82) is 0 Å². The lowest BCUT2D eigenvalue weighted by Gasteiger charge is -2.34. The summed E-state index contributed by atoms with van der Waals surface area (Å²) in [6, 6.07) is 6.28. The molecule has 1 heterocycles. The van der Waals surface area contributed by atoms with Gasteiger partial charge in [0, 0.05) is 25.3 Å². The van der Waals surface area contributed by atoms with E-state index in [-0.39, 0.29) is 0 Å². The zero-order valence-electron chi connectivity index (χ0n) is 10.6. The number of nitrogens with two attached hydrogens (primary N) is 1. The van der Waals surface area contributed by atoms with Crippen LogP contribution in [-0.2, 0) is 13.0 Å². The van der Waals surface area contributed by atoms with Gasteiger partial charge in [-0.25, -0.2) is 0 Å². The Bertz CT molecular complexity index is 377. The highest BCUT2D eigenvalue weighted by atomic mass is 15.1. The predicted molar refractivity (Wildman–Crippen MR) is 69.3 cm³/mol. The summed E-state index contributed by atoms with van der Waals surface area (Å²) >= 11 is 0. The summed E-state index contributed by atoms with van der Waals surface area (Å²) in [4.78, 5) is 2.51. The van der Waals surface area contributed by atoms with E-state index in [9.17, 15) is 0 Å². The van der Waals surface area contributed by atoms with Crippen molar-refractivity contribution in [2.75, 3.05) is 18.8 Å². The first-order valence-corrected chi connectivity index (χ1v) is 6.04. The molecular weight excluding hydrogens is 196 g/mol. The van der Waals surface area contributed by atoms with E-state index in [0.717, 1.165) is 31.7 Å². The minimum Gasteiger partial charge on any atom is -0.398 e. The van der Waals surface area contributed by atoms with Crippen molar-refractivity contribution in [3.05, 3.63) is 29.3 Å². The molecule has 16 heavy (non-hydrogen) atoms. The standard InChI is InChI=1S/C14H22N2/c1-14(2,3)10-16-8-7-11-5-4-6-13(15)12(11)9-16/h4-6H,7-10,15H2,1-3H3. The monoisotopic (exact) mass is 218 g/mol. The van der Waals surface area contributed by atoms with Crippen molar-refractivity contribution in [3.63, 3.8) is 0 Å². The van der Waals surface area contributed by atoms with Gasteiger partial charge in [-0.3, -0.25) is 4.90 Å². The first-order chi connectivity index (χ1) is 7.46. The maximum absolute atomic E-state index is 6.04. The summed E-state index contributed by atoms with van der Waals surface area (Å²) in [5.74, 6) is 0. The number of nitrogens with zero attached hydrogens (tertiary/aromatic N) is 1. The molecule has 1 aliphatic rings. The van der Waals surface area contributed by atoms with Gasteiger partial charge in [0.15, 0.2) is 0 Å². The van der Waals surface area contributed by atoms with Crippen molar-refractivity contribution in [2.24, 2.45) is 5.41 Å². The Labute approximate surface area is 98.4 Å². The first kappa shape index (κ1) is 11.5. The zero-order chi connectivity index (χ0) is 11.8. The molecule has 2 heteroatoms. The van der Waals surface area contributed by atoms with Gasteiger partial charge < -0.3 is 5.73 Å². The summed E-state index contributed by atoms with van der Waals surface area (Å²) in [6.45, 7) is 10.2. The quantitative estimate of drug-likeness (QED) is 0.734. The molecular formula is C14H22N2. The number of rotatable bonds is 1. The summed E-state index contributed by atoms with van der Waals surface area (Å²) in [7, 11) is 0. The fourth-order valence-corrected chi connectivity index (χ4v) is 2.47. The van der Waals surface area contributed by atoms with Gasteiger partial charge in [-0.15, -0.1) is 0 Å². The van der Waals surface area contributed by atoms with Gasteiger partial charge in [-0.05, 0) is 29.0 Å². The number of benzene rings is 1. The zero-order valence-corrected chi connectivity index (χ0v) is 10.6. The lowest BCUT2D eigenvalue weighted by molar-refractivity contribution is 0.177. The molecule has 0 saturated carbocycles. The third kappa shape index (κ3) is 2.56. The van der Waals surface area contributed by atoms with Crippen LogP contribution in [0.1, 0.15) is 31.9 Å². The van der Waals surface area contributed by atoms with Crippen molar-refractivity contribution in [2.45, 2.75) is 33.7 Å². The van der Waals surface area contributed by atoms with Crippen LogP contribution in [0.2, 0.25) is 0 Å². The van der Waals surface area contributed by atoms with Crippen molar-refractivity contribution >= 4 is 5.69 Å². The minimum atomic E-state index is 0.362. The molecule has 0 unspecified atom stereocenters. The number of hydrogen-bond donors (Lipinski definition) is 1. The molecule has 1 aromatic rings. The van der Waals surface area contributed by atoms with Gasteiger partial charge >= 0.3 is 0 Å². The molecule has 0 aliphatic carbocycles. The number of nitrogen functional groups attached to an aromatic ring is 1. The molecule has 0 aromatic heterocycles. The first-order valence-electron chi connectivity index (χ1n) is 6.04. The van der Waals surface area contributed by atoms with E-state index < -0.39 is 0 Å². The third-order valence-electron chi connectivity index (χ3n) is 3.09. The Kier molecular flexibility index (Phi) is 2.94. The Morgan fingerprint density at radius 3 is 2.75 bits per heavy atom. The largest absolute Gasteiger partial charge is 0.398 e. The molecule has 1 aromatic carbocycles. The molecule has 0 radical (unpaired) electrons. The molecule has 2 rings (SSSR count). The third-order valence-corrected chi connectivity index (χ3v) is 3.09. The van der Waals surface area contributed by atoms with E-state index in [4.69, 9.17) is 5.73 Å². The number of fused-ring (bicyclic) bond motifs is 1. The molecule has 0 spiro atoms. The Morgan fingerprint density at radius 1 is 1.31 bits per heavy atom. The van der Waals surface area contributed by atoms with E-state index in [0.29, 0.717) is 5.41 Å². The van der Waals surface area contributed by atoms with Crippen LogP contribution in [0.3, 0.4) is 0 Å². The molecule has 0 atom stereocenters. The lowest BCUT2D eigenvalue weighted by atomic mass is 9.92. The van der Waals surface area contributed by atoms with Gasteiger partial charge in [0.05, 0.1) is 0 Å². The highest BCUT2D eigenvalue weighted by molar-refractivity contribution is 5.51. The second-order valence-corrected chi connectivity index (χ2v) is 6.01. The minimum absolute atomic E-state index is 0.362. The van der Waals surface area contributed by atoms with Crippen LogP contribution in [0.15, 0.2) is 18.2 Å². The van der Waals surface area contributed by atoms with Crippen LogP contribution in [0.4, 0.5) is 5.69 Å². The van der Waals surface area contributed by atoms with Crippen molar-refractivity contribution < 1.29 is 0 Å². The highest BCUT2D eigenvalue weighted by Crippen LogP contribution is 2.26. The van der Waals surface area contributed by atoms with Gasteiger partial charge in [-0.2, -0.15) is 0 Å². The SMILES string of the molecule is CC(C)(C)CN1CCc2cccc(N)c2C1. The molecule has 0 amide bonds. The van der Waals surface area contributed by atoms with Gasteiger partial charge in [0.25, 0.3) is 0 Å². The number of anilines is 1. The fraction of sp³-hybridized carbons (Fsp3) is 0.571. The molecule has 0 fully saturated rings. The maximum Gasteiger partial charge on any atom is 0.0362 e. The topological polar surface area (TPSA) is 29.3 Å². The van der Waals surface area contributed by atoms with Crippen LogP contribution in [-0.4, -0.2) is 18.0 Å². The Hall–Kier alpha value is -1.02. The van der Waals surface area contributed by atoms with Gasteiger partial charge in [0.1, 0.15) is 0 Å². The second kappa shape index (κ2) is 4.10. The van der Waals surface area contributed by atoms with E-state index in [1.807, 2.05) is 6.07 Å². The highest BCUT2D eigenvalue weighted by Gasteiger charge is 2.22. The van der Waals surface area contributed by atoms with Crippen LogP contribution in [0.25, 0.3) is 0 Å². The summed E-state index contributed by atoms with van der Waals surface area (Å²) < 4.78 is 0. The average Bonchev–Trinajstić information content (AvgIpc) is 2.17. The van der Waals surface area contributed by atoms with Crippen LogP contribution < -0.4 is 5.73 Å². The molecule has 0 saturated heterocycles. The predicted octanol–water partition coefficient (Wildman–Crippen LogP) is 2.67. The average molecular weight is 218 g/mol. The second-order valence-electron chi connectivity index (χ2n) is 6.01. The summed E-state index contributed by atoms with van der Waals surface area (Å²) in [5, 5.41) is 0. The maximum atomic E-state index is 6.04. The lowest BCUT2D eigenvalue weighted by Crippen LogP contribution is -2.37. The summed E-state index contributed by atoms with van der Waals surface area (Å²) in [6.07, 6.45) is 1.14. The van der Waals surface area contributed by atoms with E-state index in [2.05, 4.69) is 37.8 Å². The van der Waals surface area contributed by atoms with Crippen LogP contribution in [0, 0.1) is 5.41 Å². The fourth-order valence-electron chi connectivity index (χ4n) is 2.47. The Morgan fingerprint density at radius 2 is 2.06 bits per heavy atom. The van der Waals surface area contributed by atoms with E-state index >= 15 is 0 Å². The van der Waals surface area contributed by atoms with E-state index in [1.165, 1.54) is 11.1 Å². The van der Waals surface area contributed by atoms with Gasteiger partial charge in [0.2, 0.25) is 0 Å². The Balaban J connectivity index is 2.14. The summed E-state index contributed by atoms with van der Waals surface area (Å²) in [5.41, 5.74) is 10.1. The normalized spacial score (nSPS) is 17.2. The number of hydrogen-bond acceptors (Lipinski definition) is 2. The molecule has 88 valence electrons. The van der Waals surface area contributed by atoms with Gasteiger partial charge in [-0.1, -0.05) is 32.9 Å².